The molecule has 0 aliphatic carbocycles. The minimum Gasteiger partial charge on any atom is -0.369 e. The molecule has 0 spiro atoms. The lowest BCUT2D eigenvalue weighted by Crippen LogP contribution is -2.49. The Balaban J connectivity index is 2.36. The molecule has 0 radical (unpaired) electrons. The maximum absolute atomic E-state index is 11.7. The van der Waals surface area contributed by atoms with Gasteiger partial charge in [0.1, 0.15) is 6.10 Å². The predicted octanol–water partition coefficient (Wildman–Crippen LogP) is -0.157. The van der Waals surface area contributed by atoms with Crippen LogP contribution in [0.15, 0.2) is 0 Å². The highest BCUT2D eigenvalue weighted by atomic mass is 16.5. The maximum Gasteiger partial charge on any atom is 0.251 e. The fourth-order valence-electron chi connectivity index (χ4n) is 1.46. The Bertz CT molecular complexity index is 167. The largest absolute Gasteiger partial charge is 0.369 e. The highest BCUT2D eigenvalue weighted by molar-refractivity contribution is 5.80. The number of carbonyl (C=O) groups excluding carboxylic acids is 1. The van der Waals surface area contributed by atoms with Crippen LogP contribution in [0.5, 0.6) is 0 Å². The van der Waals surface area contributed by atoms with Gasteiger partial charge in [0.15, 0.2) is 0 Å². The van der Waals surface area contributed by atoms with Crippen LogP contribution in [0, 0.1) is 0 Å². The van der Waals surface area contributed by atoms with Gasteiger partial charge in [-0.3, -0.25) is 4.79 Å². The zero-order valence-electron chi connectivity index (χ0n) is 8.38. The predicted molar refractivity (Wildman–Crippen MR) is 50.5 cm³/mol. The molecule has 0 bridgehead atoms. The van der Waals surface area contributed by atoms with Crippen LogP contribution in [0.1, 0.15) is 13.8 Å². The number of rotatable bonds is 3. The number of amides is 1. The van der Waals surface area contributed by atoms with Crippen molar-refractivity contribution in [3.8, 4) is 0 Å². The van der Waals surface area contributed by atoms with Crippen molar-refractivity contribution >= 4 is 5.91 Å². The lowest BCUT2D eigenvalue weighted by atomic mass is 10.3. The van der Waals surface area contributed by atoms with Crippen LogP contribution in [0.2, 0.25) is 0 Å². The van der Waals surface area contributed by atoms with Gasteiger partial charge in [-0.25, -0.2) is 0 Å². The van der Waals surface area contributed by atoms with Gasteiger partial charge in [-0.05, 0) is 13.8 Å². The van der Waals surface area contributed by atoms with Crippen molar-refractivity contribution in [2.45, 2.75) is 20.0 Å². The van der Waals surface area contributed by atoms with Crippen LogP contribution in [-0.2, 0) is 9.53 Å². The van der Waals surface area contributed by atoms with E-state index >= 15 is 0 Å². The molecule has 1 aliphatic heterocycles. The Kier molecular flexibility index (Phi) is 4.18. The molecule has 0 aromatic heterocycles. The van der Waals surface area contributed by atoms with Crippen molar-refractivity contribution in [1.29, 1.82) is 0 Å². The molecular weight excluding hydrogens is 168 g/mol. The van der Waals surface area contributed by atoms with Crippen molar-refractivity contribution in [2.75, 3.05) is 32.8 Å². The number of carbonyl (C=O) groups is 1. The van der Waals surface area contributed by atoms with E-state index < -0.39 is 0 Å². The van der Waals surface area contributed by atoms with E-state index in [0.29, 0.717) is 6.61 Å². The van der Waals surface area contributed by atoms with Gasteiger partial charge in [-0.2, -0.15) is 0 Å². The van der Waals surface area contributed by atoms with Crippen LogP contribution >= 0.6 is 0 Å². The highest BCUT2D eigenvalue weighted by Crippen LogP contribution is 2.00. The molecule has 13 heavy (non-hydrogen) atoms. The molecule has 1 rings (SSSR count). The van der Waals surface area contributed by atoms with E-state index in [9.17, 15) is 4.79 Å². The second kappa shape index (κ2) is 5.19. The van der Waals surface area contributed by atoms with Crippen LogP contribution in [-0.4, -0.2) is 49.7 Å². The molecule has 4 heteroatoms. The van der Waals surface area contributed by atoms with Crippen LogP contribution in [0.3, 0.4) is 0 Å². The first-order chi connectivity index (χ1) is 6.25. The Morgan fingerprint density at radius 1 is 1.54 bits per heavy atom. The standard InChI is InChI=1S/C9H18N2O2/c1-3-13-8(2)9(12)11-6-4-10-5-7-11/h8,10H,3-7H2,1-2H3/t8-/m0/s1. The SMILES string of the molecule is CCO[C@@H](C)C(=O)N1CCNCC1. The molecule has 1 N–H and O–H groups in total. The van der Waals surface area contributed by atoms with Crippen molar-refractivity contribution in [2.24, 2.45) is 0 Å². The van der Waals surface area contributed by atoms with Gasteiger partial charge in [-0.1, -0.05) is 0 Å². The van der Waals surface area contributed by atoms with E-state index in [1.54, 1.807) is 0 Å². The van der Waals surface area contributed by atoms with E-state index in [0.717, 1.165) is 26.2 Å². The van der Waals surface area contributed by atoms with Crippen LogP contribution in [0.25, 0.3) is 0 Å². The Hall–Kier alpha value is -0.610. The van der Waals surface area contributed by atoms with E-state index in [1.807, 2.05) is 18.7 Å². The molecule has 1 atom stereocenters. The summed E-state index contributed by atoms with van der Waals surface area (Å²) in [6.07, 6.45) is -0.289. The second-order valence-electron chi connectivity index (χ2n) is 3.17. The summed E-state index contributed by atoms with van der Waals surface area (Å²) >= 11 is 0. The zero-order chi connectivity index (χ0) is 9.68. The topological polar surface area (TPSA) is 41.6 Å². The number of hydrogen-bond acceptors (Lipinski definition) is 3. The molecule has 1 aliphatic rings. The van der Waals surface area contributed by atoms with Crippen molar-refractivity contribution < 1.29 is 9.53 Å². The van der Waals surface area contributed by atoms with Crippen molar-refractivity contribution in [3.63, 3.8) is 0 Å². The maximum atomic E-state index is 11.7. The minimum absolute atomic E-state index is 0.114. The first-order valence-electron chi connectivity index (χ1n) is 4.86. The van der Waals surface area contributed by atoms with E-state index in [-0.39, 0.29) is 12.0 Å². The normalized spacial score (nSPS) is 20.0. The van der Waals surface area contributed by atoms with Gasteiger partial charge in [0.05, 0.1) is 0 Å². The van der Waals surface area contributed by atoms with Crippen molar-refractivity contribution in [3.05, 3.63) is 0 Å². The van der Waals surface area contributed by atoms with Crippen LogP contribution < -0.4 is 5.32 Å². The summed E-state index contributed by atoms with van der Waals surface area (Å²) in [5.74, 6) is 0.114. The summed E-state index contributed by atoms with van der Waals surface area (Å²) in [5, 5.41) is 3.21. The Labute approximate surface area is 79.2 Å². The van der Waals surface area contributed by atoms with Gasteiger partial charge in [0, 0.05) is 32.8 Å². The van der Waals surface area contributed by atoms with Gasteiger partial charge < -0.3 is 15.0 Å². The highest BCUT2D eigenvalue weighted by Gasteiger charge is 2.21. The smallest absolute Gasteiger partial charge is 0.251 e. The third-order valence-corrected chi connectivity index (χ3v) is 2.19. The summed E-state index contributed by atoms with van der Waals surface area (Å²) in [6, 6.07) is 0. The molecule has 0 aromatic rings. The van der Waals surface area contributed by atoms with E-state index in [4.69, 9.17) is 4.74 Å². The van der Waals surface area contributed by atoms with Gasteiger partial charge in [-0.15, -0.1) is 0 Å². The molecule has 0 unspecified atom stereocenters. The Morgan fingerprint density at radius 3 is 2.69 bits per heavy atom. The van der Waals surface area contributed by atoms with E-state index in [2.05, 4.69) is 5.32 Å². The third kappa shape index (κ3) is 2.97. The first-order valence-corrected chi connectivity index (χ1v) is 4.86. The van der Waals surface area contributed by atoms with Crippen molar-refractivity contribution in [1.82, 2.24) is 10.2 Å². The lowest BCUT2D eigenvalue weighted by Gasteiger charge is -2.29. The summed E-state index contributed by atoms with van der Waals surface area (Å²) in [7, 11) is 0. The molecule has 4 nitrogen and oxygen atoms in total. The Morgan fingerprint density at radius 2 is 2.15 bits per heavy atom. The lowest BCUT2D eigenvalue weighted by molar-refractivity contribution is -0.142. The number of nitrogens with zero attached hydrogens (tertiary/aromatic N) is 1. The van der Waals surface area contributed by atoms with Crippen LogP contribution in [0.4, 0.5) is 0 Å². The molecule has 0 aromatic carbocycles. The fourth-order valence-corrected chi connectivity index (χ4v) is 1.46. The zero-order valence-corrected chi connectivity index (χ0v) is 8.38. The number of piperazine rings is 1. The molecular formula is C9H18N2O2. The first kappa shape index (κ1) is 10.5. The van der Waals surface area contributed by atoms with Gasteiger partial charge in [0.25, 0.3) is 5.91 Å². The van der Waals surface area contributed by atoms with E-state index in [1.165, 1.54) is 0 Å². The number of hydrogen-bond donors (Lipinski definition) is 1. The van der Waals surface area contributed by atoms with Gasteiger partial charge >= 0.3 is 0 Å². The summed E-state index contributed by atoms with van der Waals surface area (Å²) in [5.41, 5.74) is 0. The average Bonchev–Trinajstić information content (AvgIpc) is 2.18. The molecule has 76 valence electrons. The summed E-state index contributed by atoms with van der Waals surface area (Å²) in [4.78, 5) is 13.5. The minimum atomic E-state index is -0.289. The average molecular weight is 186 g/mol. The molecule has 1 saturated heterocycles. The third-order valence-electron chi connectivity index (χ3n) is 2.19. The molecule has 1 amide bonds. The second-order valence-corrected chi connectivity index (χ2v) is 3.17. The number of ether oxygens (including phenoxy) is 1. The monoisotopic (exact) mass is 186 g/mol. The quantitative estimate of drug-likeness (QED) is 0.666. The summed E-state index contributed by atoms with van der Waals surface area (Å²) in [6.45, 7) is 7.70. The molecule has 1 heterocycles. The fraction of sp³-hybridized carbons (Fsp3) is 0.889. The summed E-state index contributed by atoms with van der Waals surface area (Å²) < 4.78 is 5.25. The molecule has 1 fully saturated rings. The molecule has 0 saturated carbocycles. The van der Waals surface area contributed by atoms with Gasteiger partial charge in [0.2, 0.25) is 0 Å². The number of nitrogens with one attached hydrogen (secondary N) is 1.